The molecule has 1 aromatic heterocycles. The smallest absolute Gasteiger partial charge is 0.240 e. The van der Waals surface area contributed by atoms with Crippen molar-refractivity contribution in [2.75, 3.05) is 7.05 Å². The summed E-state index contributed by atoms with van der Waals surface area (Å²) in [6.45, 7) is 1.45. The van der Waals surface area contributed by atoms with Gasteiger partial charge in [-0.3, -0.25) is 9.78 Å². The monoisotopic (exact) mass is 290 g/mol. The van der Waals surface area contributed by atoms with Crippen LogP contribution in [0.1, 0.15) is 17.3 Å². The Morgan fingerprint density at radius 2 is 1.80 bits per heavy atom. The van der Waals surface area contributed by atoms with E-state index in [0.717, 1.165) is 5.56 Å². The average molecular weight is 290 g/mol. The SMILES string of the molecule is CNS(=O)(=O)c1ccc(C(C)=O)c(-c2ccncc2)c1. The molecule has 0 saturated carbocycles. The zero-order chi connectivity index (χ0) is 14.8. The first-order chi connectivity index (χ1) is 9.45. The second-order valence-electron chi connectivity index (χ2n) is 4.21. The Bertz CT molecular complexity index is 740. The Morgan fingerprint density at radius 3 is 2.35 bits per heavy atom. The lowest BCUT2D eigenvalue weighted by Crippen LogP contribution is -2.18. The van der Waals surface area contributed by atoms with Gasteiger partial charge in [0.05, 0.1) is 4.90 Å². The maximum Gasteiger partial charge on any atom is 0.240 e. The summed E-state index contributed by atoms with van der Waals surface area (Å²) in [5.74, 6) is -0.120. The Balaban J connectivity index is 2.69. The van der Waals surface area contributed by atoms with Crippen molar-refractivity contribution in [1.29, 1.82) is 0 Å². The number of carbonyl (C=O) groups is 1. The van der Waals surface area contributed by atoms with Crippen molar-refractivity contribution in [3.8, 4) is 11.1 Å². The van der Waals surface area contributed by atoms with Crippen molar-refractivity contribution in [3.63, 3.8) is 0 Å². The molecule has 0 saturated heterocycles. The zero-order valence-electron chi connectivity index (χ0n) is 11.1. The van der Waals surface area contributed by atoms with Gasteiger partial charge in [-0.1, -0.05) is 0 Å². The molecule has 5 nitrogen and oxygen atoms in total. The van der Waals surface area contributed by atoms with E-state index in [0.29, 0.717) is 11.1 Å². The summed E-state index contributed by atoms with van der Waals surface area (Å²) in [7, 11) is -2.20. The fraction of sp³-hybridized carbons (Fsp3) is 0.143. The lowest BCUT2D eigenvalue weighted by Gasteiger charge is -2.10. The summed E-state index contributed by atoms with van der Waals surface area (Å²) in [6, 6.07) is 7.92. The third-order valence-corrected chi connectivity index (χ3v) is 4.35. The van der Waals surface area contributed by atoms with E-state index >= 15 is 0 Å². The van der Waals surface area contributed by atoms with Gasteiger partial charge in [0.1, 0.15) is 0 Å². The second-order valence-corrected chi connectivity index (χ2v) is 6.09. The van der Waals surface area contributed by atoms with Gasteiger partial charge in [0.25, 0.3) is 0 Å². The lowest BCUT2D eigenvalue weighted by atomic mass is 9.98. The molecule has 0 radical (unpaired) electrons. The van der Waals surface area contributed by atoms with Gasteiger partial charge < -0.3 is 0 Å². The van der Waals surface area contributed by atoms with Crippen LogP contribution in [0.5, 0.6) is 0 Å². The topological polar surface area (TPSA) is 76.1 Å². The van der Waals surface area contributed by atoms with Crippen molar-refractivity contribution in [2.24, 2.45) is 0 Å². The van der Waals surface area contributed by atoms with E-state index in [2.05, 4.69) is 9.71 Å². The highest BCUT2D eigenvalue weighted by Crippen LogP contribution is 2.26. The number of Topliss-reactive ketones (excluding diaryl/α,β-unsaturated/α-hetero) is 1. The maximum absolute atomic E-state index is 11.9. The van der Waals surface area contributed by atoms with E-state index in [1.807, 2.05) is 0 Å². The minimum atomic E-state index is -3.55. The van der Waals surface area contributed by atoms with Gasteiger partial charge in [-0.15, -0.1) is 0 Å². The Labute approximate surface area is 117 Å². The molecule has 6 heteroatoms. The number of aromatic nitrogens is 1. The number of hydrogen-bond donors (Lipinski definition) is 1. The molecular formula is C14H14N2O3S. The normalized spacial score (nSPS) is 11.3. The summed E-state index contributed by atoms with van der Waals surface area (Å²) < 4.78 is 26.0. The van der Waals surface area contributed by atoms with E-state index in [-0.39, 0.29) is 10.7 Å². The molecule has 0 bridgehead atoms. The number of nitrogens with zero attached hydrogens (tertiary/aromatic N) is 1. The van der Waals surface area contributed by atoms with Gasteiger partial charge in [-0.2, -0.15) is 0 Å². The van der Waals surface area contributed by atoms with Gasteiger partial charge in [-0.25, -0.2) is 13.1 Å². The quantitative estimate of drug-likeness (QED) is 0.872. The van der Waals surface area contributed by atoms with Crippen molar-refractivity contribution < 1.29 is 13.2 Å². The summed E-state index contributed by atoms with van der Waals surface area (Å²) in [5.41, 5.74) is 1.81. The number of sulfonamides is 1. The largest absolute Gasteiger partial charge is 0.294 e. The summed E-state index contributed by atoms with van der Waals surface area (Å²) in [5, 5.41) is 0. The first kappa shape index (κ1) is 14.4. The van der Waals surface area contributed by atoms with Crippen LogP contribution >= 0.6 is 0 Å². The van der Waals surface area contributed by atoms with Crippen LogP contribution in [-0.2, 0) is 10.0 Å². The van der Waals surface area contributed by atoms with E-state index in [4.69, 9.17) is 0 Å². The minimum absolute atomic E-state index is 0.120. The van der Waals surface area contributed by atoms with Gasteiger partial charge in [0, 0.05) is 18.0 Å². The molecule has 1 aromatic carbocycles. The van der Waals surface area contributed by atoms with Crippen molar-refractivity contribution in [3.05, 3.63) is 48.3 Å². The third-order valence-electron chi connectivity index (χ3n) is 2.94. The highest BCUT2D eigenvalue weighted by atomic mass is 32.2. The number of rotatable bonds is 4. The molecule has 2 aromatic rings. The highest BCUT2D eigenvalue weighted by Gasteiger charge is 2.16. The predicted octanol–water partition coefficient (Wildman–Crippen LogP) is 1.86. The second kappa shape index (κ2) is 5.52. The molecule has 0 aliphatic heterocycles. The van der Waals surface area contributed by atoms with E-state index in [9.17, 15) is 13.2 Å². The van der Waals surface area contributed by atoms with Crippen LogP contribution in [0.2, 0.25) is 0 Å². The van der Waals surface area contributed by atoms with E-state index in [1.54, 1.807) is 24.5 Å². The molecule has 104 valence electrons. The summed E-state index contributed by atoms with van der Waals surface area (Å²) in [6.07, 6.45) is 3.19. The number of carbonyl (C=O) groups excluding carboxylic acids is 1. The average Bonchev–Trinajstić information content (AvgIpc) is 2.47. The Kier molecular flexibility index (Phi) is 3.96. The molecule has 1 heterocycles. The Hall–Kier alpha value is -2.05. The molecule has 0 aliphatic rings. The van der Waals surface area contributed by atoms with Crippen molar-refractivity contribution in [2.45, 2.75) is 11.8 Å². The fourth-order valence-electron chi connectivity index (χ4n) is 1.89. The van der Waals surface area contributed by atoms with Crippen LogP contribution in [0.3, 0.4) is 0 Å². The first-order valence-corrected chi connectivity index (χ1v) is 7.43. The van der Waals surface area contributed by atoms with E-state index < -0.39 is 10.0 Å². The number of benzene rings is 1. The Morgan fingerprint density at radius 1 is 1.15 bits per heavy atom. The summed E-state index contributed by atoms with van der Waals surface area (Å²) in [4.78, 5) is 15.7. The standard InChI is InChI=1S/C14H14N2O3S/c1-10(17)13-4-3-12(20(18,19)15-2)9-14(13)11-5-7-16-8-6-11/h3-9,15H,1-2H3. The zero-order valence-corrected chi connectivity index (χ0v) is 11.9. The van der Waals surface area contributed by atoms with E-state index in [1.165, 1.54) is 32.2 Å². The lowest BCUT2D eigenvalue weighted by molar-refractivity contribution is 0.101. The number of nitrogens with one attached hydrogen (secondary N) is 1. The molecule has 20 heavy (non-hydrogen) atoms. The molecule has 0 fully saturated rings. The van der Waals surface area contributed by atoms with Crippen LogP contribution < -0.4 is 4.72 Å². The molecule has 0 aliphatic carbocycles. The van der Waals surface area contributed by atoms with Crippen molar-refractivity contribution >= 4 is 15.8 Å². The minimum Gasteiger partial charge on any atom is -0.294 e. The van der Waals surface area contributed by atoms with Crippen LogP contribution in [0.15, 0.2) is 47.6 Å². The molecule has 1 N–H and O–H groups in total. The van der Waals surface area contributed by atoms with Crippen LogP contribution in [0.25, 0.3) is 11.1 Å². The number of ketones is 1. The van der Waals surface area contributed by atoms with Crippen molar-refractivity contribution in [1.82, 2.24) is 9.71 Å². The van der Waals surface area contributed by atoms with Crippen LogP contribution in [0.4, 0.5) is 0 Å². The molecule has 0 spiro atoms. The van der Waals surface area contributed by atoms with Crippen LogP contribution in [0, 0.1) is 0 Å². The van der Waals surface area contributed by atoms with Crippen LogP contribution in [-0.4, -0.2) is 26.2 Å². The fourth-order valence-corrected chi connectivity index (χ4v) is 2.64. The summed E-state index contributed by atoms with van der Waals surface area (Å²) >= 11 is 0. The van der Waals surface area contributed by atoms with Gasteiger partial charge >= 0.3 is 0 Å². The van der Waals surface area contributed by atoms with Gasteiger partial charge in [0.2, 0.25) is 10.0 Å². The predicted molar refractivity (Wildman–Crippen MR) is 75.9 cm³/mol. The van der Waals surface area contributed by atoms with Gasteiger partial charge in [0.15, 0.2) is 5.78 Å². The molecule has 0 unspecified atom stereocenters. The third kappa shape index (κ3) is 2.76. The molecular weight excluding hydrogens is 276 g/mol. The number of pyridine rings is 1. The molecule has 0 amide bonds. The number of hydrogen-bond acceptors (Lipinski definition) is 4. The molecule has 0 atom stereocenters. The van der Waals surface area contributed by atoms with Gasteiger partial charge in [-0.05, 0) is 55.4 Å². The first-order valence-electron chi connectivity index (χ1n) is 5.94. The highest BCUT2D eigenvalue weighted by molar-refractivity contribution is 7.89. The maximum atomic E-state index is 11.9. The molecule has 2 rings (SSSR count).